The second-order valence-corrected chi connectivity index (χ2v) is 8.77. The van der Waals surface area contributed by atoms with Gasteiger partial charge in [0.25, 0.3) is 0 Å². The lowest BCUT2D eigenvalue weighted by Crippen LogP contribution is -2.15. The zero-order valence-electron chi connectivity index (χ0n) is 12.4. The van der Waals surface area contributed by atoms with E-state index in [-0.39, 0.29) is 0 Å². The van der Waals surface area contributed by atoms with Gasteiger partial charge in [0, 0.05) is 0 Å². The number of hydrogen-bond acceptors (Lipinski definition) is 0. The standard InChI is InChI=1S/C20H26/c1-3-13-9-17(15-7-5-11(1)19(13)15)18-10-14-4-2-12-6-8-16(18)20(12)14/h9-16,19-20H,1-8H2/t11-,12+,13+,14-,15-,16-,19+,20+/m0/s1. The van der Waals surface area contributed by atoms with Crippen molar-refractivity contribution in [3.63, 3.8) is 0 Å². The van der Waals surface area contributed by atoms with E-state index < -0.39 is 0 Å². The molecule has 0 aromatic carbocycles. The minimum absolute atomic E-state index is 0.987. The molecule has 106 valence electrons. The maximum absolute atomic E-state index is 2.79. The fourth-order valence-corrected chi connectivity index (χ4v) is 7.83. The van der Waals surface area contributed by atoms with E-state index >= 15 is 0 Å². The molecule has 0 unspecified atom stereocenters. The van der Waals surface area contributed by atoms with Crippen molar-refractivity contribution >= 4 is 0 Å². The Hall–Kier alpha value is -0.520. The van der Waals surface area contributed by atoms with Crippen LogP contribution < -0.4 is 0 Å². The van der Waals surface area contributed by atoms with Crippen molar-refractivity contribution in [3.05, 3.63) is 23.3 Å². The minimum Gasteiger partial charge on any atom is -0.0773 e. The van der Waals surface area contributed by atoms with E-state index in [0.717, 1.165) is 47.3 Å². The van der Waals surface area contributed by atoms with Crippen molar-refractivity contribution in [2.45, 2.75) is 51.4 Å². The quantitative estimate of drug-likeness (QED) is 0.628. The highest BCUT2D eigenvalue weighted by Crippen LogP contribution is 2.64. The topological polar surface area (TPSA) is 0 Å². The van der Waals surface area contributed by atoms with E-state index in [1.807, 2.05) is 11.1 Å². The Kier molecular flexibility index (Phi) is 2.01. The van der Waals surface area contributed by atoms with Crippen LogP contribution in [-0.4, -0.2) is 0 Å². The molecular formula is C20H26. The molecule has 0 saturated heterocycles. The predicted octanol–water partition coefficient (Wildman–Crippen LogP) is 4.97. The molecule has 0 heteroatoms. The largest absolute Gasteiger partial charge is 0.0773 e. The molecule has 0 N–H and O–H groups in total. The Morgan fingerprint density at radius 1 is 0.550 bits per heavy atom. The lowest BCUT2D eigenvalue weighted by Gasteiger charge is -2.22. The summed E-state index contributed by atoms with van der Waals surface area (Å²) in [5.74, 6) is 8.36. The Morgan fingerprint density at radius 3 is 1.50 bits per heavy atom. The van der Waals surface area contributed by atoms with Crippen molar-refractivity contribution in [1.82, 2.24) is 0 Å². The van der Waals surface area contributed by atoms with E-state index in [9.17, 15) is 0 Å². The van der Waals surface area contributed by atoms with E-state index in [4.69, 9.17) is 0 Å². The van der Waals surface area contributed by atoms with Crippen molar-refractivity contribution in [2.75, 3.05) is 0 Å². The summed E-state index contributed by atoms with van der Waals surface area (Å²) in [5.41, 5.74) is 3.78. The SMILES string of the molecule is C1=C(C2=C[C@H]3CC[C@H]4CC[C@@H]2[C@H]43)[C@@H]2CC[C@H]3CC[C@@H]1[C@@H]32. The molecule has 4 fully saturated rings. The number of hydrogen-bond donors (Lipinski definition) is 0. The second-order valence-electron chi connectivity index (χ2n) is 8.77. The molecule has 8 atom stereocenters. The molecule has 6 rings (SSSR count). The summed E-state index contributed by atoms with van der Waals surface area (Å²) >= 11 is 0. The highest BCUT2D eigenvalue weighted by Gasteiger charge is 2.54. The zero-order chi connectivity index (χ0) is 12.8. The first kappa shape index (κ1) is 11.1. The van der Waals surface area contributed by atoms with Crippen molar-refractivity contribution < 1.29 is 0 Å². The Labute approximate surface area is 122 Å². The van der Waals surface area contributed by atoms with Gasteiger partial charge >= 0.3 is 0 Å². The highest BCUT2D eigenvalue weighted by atomic mass is 14.6. The lowest BCUT2D eigenvalue weighted by atomic mass is 9.82. The van der Waals surface area contributed by atoms with Gasteiger partial charge in [-0.05, 0) is 110 Å². The first-order chi connectivity index (χ1) is 9.90. The van der Waals surface area contributed by atoms with E-state index in [0.29, 0.717) is 0 Å². The predicted molar refractivity (Wildman–Crippen MR) is 81.0 cm³/mol. The number of allylic oxidation sites excluding steroid dienone is 4. The summed E-state index contributed by atoms with van der Waals surface area (Å²) in [7, 11) is 0. The van der Waals surface area contributed by atoms with Crippen molar-refractivity contribution in [3.8, 4) is 0 Å². The molecular weight excluding hydrogens is 240 g/mol. The van der Waals surface area contributed by atoms with Gasteiger partial charge in [0.05, 0.1) is 0 Å². The van der Waals surface area contributed by atoms with Crippen LogP contribution in [0.2, 0.25) is 0 Å². The highest BCUT2D eigenvalue weighted by molar-refractivity contribution is 5.45. The molecule has 0 nitrogen and oxygen atoms in total. The molecule has 0 aromatic heterocycles. The van der Waals surface area contributed by atoms with Crippen LogP contribution in [0.3, 0.4) is 0 Å². The van der Waals surface area contributed by atoms with Gasteiger partial charge in [0.1, 0.15) is 0 Å². The Morgan fingerprint density at radius 2 is 1.00 bits per heavy atom. The van der Waals surface area contributed by atoms with Crippen molar-refractivity contribution in [2.24, 2.45) is 47.3 Å². The first-order valence-corrected chi connectivity index (χ1v) is 9.34. The molecule has 0 bridgehead atoms. The van der Waals surface area contributed by atoms with Gasteiger partial charge in [-0.25, -0.2) is 0 Å². The molecule has 0 heterocycles. The Balaban J connectivity index is 1.41. The Bertz CT molecular complexity index is 476. The van der Waals surface area contributed by atoms with Crippen LogP contribution in [0, 0.1) is 47.3 Å². The molecule has 0 spiro atoms. The fraction of sp³-hybridized carbons (Fsp3) is 0.800. The molecule has 0 radical (unpaired) electrons. The van der Waals surface area contributed by atoms with Gasteiger partial charge in [-0.15, -0.1) is 0 Å². The van der Waals surface area contributed by atoms with Gasteiger partial charge in [0.15, 0.2) is 0 Å². The average molecular weight is 266 g/mol. The molecule has 0 aromatic rings. The van der Waals surface area contributed by atoms with Crippen LogP contribution in [0.1, 0.15) is 51.4 Å². The molecule has 0 aliphatic heterocycles. The zero-order valence-corrected chi connectivity index (χ0v) is 12.4. The van der Waals surface area contributed by atoms with Gasteiger partial charge in [-0.3, -0.25) is 0 Å². The van der Waals surface area contributed by atoms with Crippen LogP contribution in [0.5, 0.6) is 0 Å². The lowest BCUT2D eigenvalue weighted by molar-refractivity contribution is 0.356. The van der Waals surface area contributed by atoms with Crippen LogP contribution >= 0.6 is 0 Å². The van der Waals surface area contributed by atoms with Crippen LogP contribution in [0.25, 0.3) is 0 Å². The summed E-state index contributed by atoms with van der Waals surface area (Å²) in [6, 6.07) is 0. The second kappa shape index (κ2) is 3.62. The molecule has 20 heavy (non-hydrogen) atoms. The molecule has 6 aliphatic carbocycles. The van der Waals surface area contributed by atoms with Gasteiger partial charge in [-0.1, -0.05) is 12.2 Å². The average Bonchev–Trinajstić information content (AvgIpc) is 3.18. The molecule has 4 saturated carbocycles. The summed E-state index contributed by atoms with van der Waals surface area (Å²) in [6.45, 7) is 0. The number of rotatable bonds is 1. The smallest absolute Gasteiger partial charge is 0.0126 e. The maximum Gasteiger partial charge on any atom is -0.0126 e. The maximum atomic E-state index is 2.79. The first-order valence-electron chi connectivity index (χ1n) is 9.34. The van der Waals surface area contributed by atoms with Crippen LogP contribution in [0.15, 0.2) is 23.3 Å². The third-order valence-corrected chi connectivity index (χ3v) is 8.36. The van der Waals surface area contributed by atoms with Gasteiger partial charge in [0.2, 0.25) is 0 Å². The van der Waals surface area contributed by atoms with Crippen LogP contribution in [-0.2, 0) is 0 Å². The summed E-state index contributed by atoms with van der Waals surface area (Å²) in [6.07, 6.45) is 17.9. The van der Waals surface area contributed by atoms with E-state index in [1.165, 1.54) is 25.7 Å². The molecule has 0 amide bonds. The third-order valence-electron chi connectivity index (χ3n) is 8.36. The van der Waals surface area contributed by atoms with E-state index in [1.54, 1.807) is 25.7 Å². The summed E-state index contributed by atoms with van der Waals surface area (Å²) in [4.78, 5) is 0. The summed E-state index contributed by atoms with van der Waals surface area (Å²) < 4.78 is 0. The fourth-order valence-electron chi connectivity index (χ4n) is 7.83. The third kappa shape index (κ3) is 1.18. The van der Waals surface area contributed by atoms with E-state index in [2.05, 4.69) is 12.2 Å². The van der Waals surface area contributed by atoms with Crippen LogP contribution in [0.4, 0.5) is 0 Å². The normalized spacial score (nSPS) is 58.0. The van der Waals surface area contributed by atoms with Crippen molar-refractivity contribution in [1.29, 1.82) is 0 Å². The minimum atomic E-state index is 0.987. The molecule has 6 aliphatic rings. The summed E-state index contributed by atoms with van der Waals surface area (Å²) in [5, 5.41) is 0. The monoisotopic (exact) mass is 266 g/mol. The van der Waals surface area contributed by atoms with Gasteiger partial charge < -0.3 is 0 Å². The van der Waals surface area contributed by atoms with Gasteiger partial charge in [-0.2, -0.15) is 0 Å².